The van der Waals surface area contributed by atoms with Gasteiger partial charge in [0.25, 0.3) is 5.91 Å². The molecule has 1 aliphatic rings. The third-order valence-electron chi connectivity index (χ3n) is 5.65. The van der Waals surface area contributed by atoms with Crippen molar-refractivity contribution < 1.29 is 22.4 Å². The molecular weight excluding hydrogens is 438 g/mol. The highest BCUT2D eigenvalue weighted by Crippen LogP contribution is 2.38. The highest BCUT2D eigenvalue weighted by atomic mass is 19.4. The second-order valence-corrected chi connectivity index (χ2v) is 7.93. The fourth-order valence-corrected chi connectivity index (χ4v) is 3.84. The van der Waals surface area contributed by atoms with Gasteiger partial charge in [0, 0.05) is 12.1 Å². The highest BCUT2D eigenvalue weighted by Gasteiger charge is 2.37. The number of alkyl halides is 3. The quantitative estimate of drug-likeness (QED) is 0.563. The van der Waals surface area contributed by atoms with Gasteiger partial charge in [-0.3, -0.25) is 9.69 Å². The number of hydrogen-bond acceptors (Lipinski definition) is 4. The van der Waals surface area contributed by atoms with Crippen molar-refractivity contribution in [2.75, 3.05) is 7.05 Å². The number of carbonyl (C=O) groups excluding carboxylic acids is 1. The molecule has 1 unspecified atom stereocenters. The van der Waals surface area contributed by atoms with E-state index in [1.807, 2.05) is 7.05 Å². The van der Waals surface area contributed by atoms with Crippen LogP contribution in [0.25, 0.3) is 5.69 Å². The van der Waals surface area contributed by atoms with Crippen LogP contribution >= 0.6 is 0 Å². The molecule has 10 heteroatoms. The van der Waals surface area contributed by atoms with Crippen LogP contribution in [0.1, 0.15) is 51.8 Å². The van der Waals surface area contributed by atoms with Gasteiger partial charge in [-0.15, -0.1) is 0 Å². The van der Waals surface area contributed by atoms with E-state index in [1.54, 1.807) is 30.3 Å². The number of nitrogens with two attached hydrogens (primary N) is 1. The van der Waals surface area contributed by atoms with Crippen molar-refractivity contribution in [2.24, 2.45) is 5.73 Å². The number of amides is 1. The SMILES string of the molecule is CN(C1CC1)C(c1ccc(C#N)cc1)c1ccc(F)c(-n2nc(C(F)(F)F)cc2C(N)=O)c1. The minimum absolute atomic E-state index is 0.293. The molecule has 1 fully saturated rings. The van der Waals surface area contributed by atoms with Gasteiger partial charge in [-0.1, -0.05) is 18.2 Å². The molecule has 33 heavy (non-hydrogen) atoms. The number of rotatable bonds is 6. The van der Waals surface area contributed by atoms with Crippen LogP contribution in [0.2, 0.25) is 0 Å². The lowest BCUT2D eigenvalue weighted by molar-refractivity contribution is -0.141. The molecule has 0 bridgehead atoms. The second-order valence-electron chi connectivity index (χ2n) is 7.93. The topological polar surface area (TPSA) is 87.9 Å². The summed E-state index contributed by atoms with van der Waals surface area (Å²) in [7, 11) is 1.91. The van der Waals surface area contributed by atoms with Crippen molar-refractivity contribution >= 4 is 5.91 Å². The fraction of sp³-hybridized carbons (Fsp3) is 0.261. The zero-order chi connectivity index (χ0) is 23.9. The molecule has 0 saturated heterocycles. The minimum atomic E-state index is -4.83. The van der Waals surface area contributed by atoms with Gasteiger partial charge >= 0.3 is 6.18 Å². The number of benzene rings is 2. The van der Waals surface area contributed by atoms with E-state index in [4.69, 9.17) is 11.0 Å². The lowest BCUT2D eigenvalue weighted by Gasteiger charge is -2.29. The van der Waals surface area contributed by atoms with Gasteiger partial charge in [-0.05, 0) is 55.3 Å². The van der Waals surface area contributed by atoms with Crippen LogP contribution in [0.4, 0.5) is 17.6 Å². The first-order valence-corrected chi connectivity index (χ1v) is 10.1. The molecule has 3 aromatic rings. The standard InChI is InChI=1S/C23H19F4N5O/c1-31(16-7-8-16)21(14-4-2-13(12-28)3-5-14)15-6-9-17(24)18(10-15)32-19(22(29)33)11-20(30-32)23(25,26)27/h2-6,9-11,16,21H,7-8H2,1H3,(H2,29,33). The Morgan fingerprint density at radius 3 is 2.36 bits per heavy atom. The monoisotopic (exact) mass is 457 g/mol. The molecule has 2 N–H and O–H groups in total. The second kappa shape index (κ2) is 8.33. The predicted molar refractivity (Wildman–Crippen MR) is 111 cm³/mol. The first-order valence-electron chi connectivity index (χ1n) is 10.1. The number of hydrogen-bond donors (Lipinski definition) is 1. The summed E-state index contributed by atoms with van der Waals surface area (Å²) < 4.78 is 55.0. The van der Waals surface area contributed by atoms with Gasteiger partial charge in [0.1, 0.15) is 17.2 Å². The Kier molecular flexibility index (Phi) is 5.68. The maximum absolute atomic E-state index is 14.8. The van der Waals surface area contributed by atoms with Crippen molar-refractivity contribution in [1.82, 2.24) is 14.7 Å². The Hall–Kier alpha value is -3.71. The summed E-state index contributed by atoms with van der Waals surface area (Å²) in [5.41, 5.74) is 4.89. The molecule has 1 atom stereocenters. The Bertz CT molecular complexity index is 1240. The third kappa shape index (κ3) is 4.45. The third-order valence-corrected chi connectivity index (χ3v) is 5.65. The predicted octanol–water partition coefficient (Wildman–Crippen LogP) is 4.18. The molecule has 0 aliphatic heterocycles. The van der Waals surface area contributed by atoms with E-state index in [1.165, 1.54) is 6.07 Å². The molecule has 1 saturated carbocycles. The lowest BCUT2D eigenvalue weighted by atomic mass is 9.95. The highest BCUT2D eigenvalue weighted by molar-refractivity contribution is 5.91. The Morgan fingerprint density at radius 1 is 1.18 bits per heavy atom. The van der Waals surface area contributed by atoms with Crippen molar-refractivity contribution in [3.05, 3.63) is 82.4 Å². The summed E-state index contributed by atoms with van der Waals surface area (Å²) in [6, 6.07) is 13.4. The number of nitriles is 1. The zero-order valence-corrected chi connectivity index (χ0v) is 17.5. The largest absolute Gasteiger partial charge is 0.435 e. The fourth-order valence-electron chi connectivity index (χ4n) is 3.84. The lowest BCUT2D eigenvalue weighted by Crippen LogP contribution is -2.28. The van der Waals surface area contributed by atoms with Crippen molar-refractivity contribution in [3.8, 4) is 11.8 Å². The average molecular weight is 457 g/mol. The number of nitrogens with zero attached hydrogens (tertiary/aromatic N) is 4. The molecule has 0 spiro atoms. The van der Waals surface area contributed by atoms with Crippen LogP contribution in [0.3, 0.4) is 0 Å². The van der Waals surface area contributed by atoms with Crippen LogP contribution in [-0.2, 0) is 6.18 Å². The number of primary amides is 1. The molecule has 2 aromatic carbocycles. The summed E-state index contributed by atoms with van der Waals surface area (Å²) >= 11 is 0. The summed E-state index contributed by atoms with van der Waals surface area (Å²) in [6.07, 6.45) is -2.87. The van der Waals surface area contributed by atoms with E-state index in [9.17, 15) is 22.4 Å². The van der Waals surface area contributed by atoms with Gasteiger partial charge in [0.05, 0.1) is 17.7 Å². The van der Waals surface area contributed by atoms with Gasteiger partial charge < -0.3 is 5.73 Å². The molecule has 1 heterocycles. The maximum atomic E-state index is 14.8. The number of aromatic nitrogens is 2. The van der Waals surface area contributed by atoms with Crippen LogP contribution in [-0.4, -0.2) is 33.7 Å². The first-order chi connectivity index (χ1) is 15.6. The van der Waals surface area contributed by atoms with E-state index in [0.717, 1.165) is 24.5 Å². The molecule has 6 nitrogen and oxygen atoms in total. The first kappa shape index (κ1) is 22.5. The van der Waals surface area contributed by atoms with Crippen LogP contribution < -0.4 is 5.73 Å². The van der Waals surface area contributed by atoms with Crippen molar-refractivity contribution in [1.29, 1.82) is 5.26 Å². The van der Waals surface area contributed by atoms with Gasteiger partial charge in [0.2, 0.25) is 0 Å². The molecule has 1 aliphatic carbocycles. The van der Waals surface area contributed by atoms with Crippen molar-refractivity contribution in [2.45, 2.75) is 31.1 Å². The summed E-state index contributed by atoms with van der Waals surface area (Å²) in [5, 5.41) is 12.5. The Morgan fingerprint density at radius 2 is 1.82 bits per heavy atom. The molecule has 0 radical (unpaired) electrons. The van der Waals surface area contributed by atoms with Gasteiger partial charge in [-0.2, -0.15) is 23.5 Å². The van der Waals surface area contributed by atoms with E-state index >= 15 is 0 Å². The normalized spacial score (nSPS) is 14.8. The van der Waals surface area contributed by atoms with E-state index in [0.29, 0.717) is 27.9 Å². The summed E-state index contributed by atoms with van der Waals surface area (Å²) in [4.78, 5) is 13.9. The van der Waals surface area contributed by atoms with Gasteiger partial charge in [-0.25, -0.2) is 9.07 Å². The summed E-state index contributed by atoms with van der Waals surface area (Å²) in [6.45, 7) is 0. The average Bonchev–Trinajstić information content (AvgIpc) is 3.52. The number of carbonyl (C=O) groups is 1. The Balaban J connectivity index is 1.85. The maximum Gasteiger partial charge on any atom is 0.435 e. The molecule has 1 aromatic heterocycles. The molecule has 1 amide bonds. The summed E-state index contributed by atoms with van der Waals surface area (Å²) in [5.74, 6) is -2.02. The smallest absolute Gasteiger partial charge is 0.364 e. The van der Waals surface area contributed by atoms with Crippen LogP contribution in [0.15, 0.2) is 48.5 Å². The zero-order valence-electron chi connectivity index (χ0n) is 17.5. The van der Waals surface area contributed by atoms with E-state index in [2.05, 4.69) is 16.1 Å². The van der Waals surface area contributed by atoms with Crippen LogP contribution in [0.5, 0.6) is 0 Å². The van der Waals surface area contributed by atoms with Crippen LogP contribution in [0, 0.1) is 17.1 Å². The van der Waals surface area contributed by atoms with E-state index < -0.39 is 29.3 Å². The molecule has 4 rings (SSSR count). The number of halogens is 4. The van der Waals surface area contributed by atoms with E-state index in [-0.39, 0.29) is 11.7 Å². The van der Waals surface area contributed by atoms with Gasteiger partial charge in [0.15, 0.2) is 5.69 Å². The molecular formula is C23H19F4N5O. The molecule has 170 valence electrons. The van der Waals surface area contributed by atoms with Crippen molar-refractivity contribution in [3.63, 3.8) is 0 Å². The minimum Gasteiger partial charge on any atom is -0.364 e. The Labute approximate surface area is 186 Å².